The molecule has 5 nitrogen and oxygen atoms in total. The van der Waals surface area contributed by atoms with Crippen molar-refractivity contribution in [3.05, 3.63) is 95.6 Å². The quantitative estimate of drug-likeness (QED) is 0.429. The van der Waals surface area contributed by atoms with Crippen LogP contribution in [-0.2, 0) is 9.53 Å². The van der Waals surface area contributed by atoms with Gasteiger partial charge in [0.15, 0.2) is 6.61 Å². The first kappa shape index (κ1) is 21.5. The number of hydrogen-bond donors (Lipinski definition) is 1. The van der Waals surface area contributed by atoms with Crippen molar-refractivity contribution in [3.63, 3.8) is 0 Å². The van der Waals surface area contributed by atoms with Crippen molar-refractivity contribution in [1.82, 2.24) is 5.32 Å². The van der Waals surface area contributed by atoms with Gasteiger partial charge in [-0.2, -0.15) is 0 Å². The molecule has 0 aliphatic carbocycles. The van der Waals surface area contributed by atoms with Gasteiger partial charge in [-0.1, -0.05) is 42.5 Å². The summed E-state index contributed by atoms with van der Waals surface area (Å²) in [6.45, 7) is -0.359. The van der Waals surface area contributed by atoms with Gasteiger partial charge in [0.25, 0.3) is 5.91 Å². The second kappa shape index (κ2) is 10.5. The molecule has 0 heterocycles. The van der Waals surface area contributed by atoms with Crippen LogP contribution in [0.4, 0.5) is 0 Å². The van der Waals surface area contributed by atoms with Gasteiger partial charge in [-0.3, -0.25) is 4.79 Å². The number of ether oxygens (including phenoxy) is 2. The minimum absolute atomic E-state index is 0.359. The number of rotatable bonds is 8. The highest BCUT2D eigenvalue weighted by Crippen LogP contribution is 2.24. The summed E-state index contributed by atoms with van der Waals surface area (Å²) in [7, 11) is 1.61. The first-order chi connectivity index (χ1) is 14.6. The number of hydrogen-bond acceptors (Lipinski definition) is 5. The Hall–Kier alpha value is -3.25. The molecular formula is C24H23NO4S. The molecule has 0 spiro atoms. The Kier molecular flexibility index (Phi) is 7.51. The Bertz CT molecular complexity index is 972. The lowest BCUT2D eigenvalue weighted by atomic mass is 9.98. The van der Waals surface area contributed by atoms with E-state index < -0.39 is 5.97 Å². The Labute approximate surface area is 180 Å². The van der Waals surface area contributed by atoms with Gasteiger partial charge in [-0.05, 0) is 53.8 Å². The largest absolute Gasteiger partial charge is 0.497 e. The van der Waals surface area contributed by atoms with Crippen LogP contribution in [0.3, 0.4) is 0 Å². The van der Waals surface area contributed by atoms with Gasteiger partial charge in [0.1, 0.15) is 5.75 Å². The number of esters is 1. The summed E-state index contributed by atoms with van der Waals surface area (Å²) in [5, 5.41) is 2.95. The maximum Gasteiger partial charge on any atom is 0.338 e. The average Bonchev–Trinajstić information content (AvgIpc) is 2.81. The first-order valence-electron chi connectivity index (χ1n) is 9.40. The molecule has 3 aromatic rings. The summed E-state index contributed by atoms with van der Waals surface area (Å²) in [6, 6.07) is 23.8. The molecule has 6 heteroatoms. The van der Waals surface area contributed by atoms with E-state index in [0.717, 1.165) is 21.8 Å². The highest BCUT2D eigenvalue weighted by atomic mass is 32.2. The average molecular weight is 422 g/mol. The molecule has 0 fully saturated rings. The molecule has 0 aliphatic heterocycles. The summed E-state index contributed by atoms with van der Waals surface area (Å²) >= 11 is 1.59. The molecule has 0 saturated carbocycles. The van der Waals surface area contributed by atoms with Crippen LogP contribution in [0, 0.1) is 0 Å². The van der Waals surface area contributed by atoms with Crippen LogP contribution in [0.25, 0.3) is 0 Å². The lowest BCUT2D eigenvalue weighted by Crippen LogP contribution is -2.33. The van der Waals surface area contributed by atoms with Gasteiger partial charge < -0.3 is 14.8 Å². The van der Waals surface area contributed by atoms with Crippen molar-refractivity contribution >= 4 is 23.6 Å². The van der Waals surface area contributed by atoms with E-state index in [1.54, 1.807) is 31.0 Å². The van der Waals surface area contributed by atoms with Crippen molar-refractivity contribution < 1.29 is 19.1 Å². The fraction of sp³-hybridized carbons (Fsp3) is 0.167. The standard InChI is InChI=1S/C24H23NO4S/c1-28-20-12-8-18(9-13-20)23(17-6-4-3-5-7-17)25-22(26)16-29-24(27)19-10-14-21(30-2)15-11-19/h3-15,23H,16H2,1-2H3,(H,25,26)/t23-/m1/s1. The number of benzene rings is 3. The zero-order valence-electron chi connectivity index (χ0n) is 16.8. The molecule has 154 valence electrons. The number of carbonyl (C=O) groups is 2. The van der Waals surface area contributed by atoms with E-state index in [1.165, 1.54) is 0 Å². The van der Waals surface area contributed by atoms with E-state index in [-0.39, 0.29) is 18.6 Å². The molecule has 1 atom stereocenters. The van der Waals surface area contributed by atoms with Gasteiger partial charge >= 0.3 is 5.97 Å². The molecule has 3 aromatic carbocycles. The molecule has 3 rings (SSSR count). The fourth-order valence-corrected chi connectivity index (χ4v) is 3.35. The lowest BCUT2D eigenvalue weighted by molar-refractivity contribution is -0.124. The van der Waals surface area contributed by atoms with Crippen LogP contribution >= 0.6 is 11.8 Å². The highest BCUT2D eigenvalue weighted by Gasteiger charge is 2.18. The molecule has 1 N–H and O–H groups in total. The van der Waals surface area contributed by atoms with Crippen LogP contribution in [-0.4, -0.2) is 31.8 Å². The molecule has 0 unspecified atom stereocenters. The number of nitrogens with one attached hydrogen (secondary N) is 1. The molecule has 1 amide bonds. The van der Waals surface area contributed by atoms with Gasteiger partial charge in [-0.15, -0.1) is 11.8 Å². The zero-order valence-corrected chi connectivity index (χ0v) is 17.6. The van der Waals surface area contributed by atoms with Gasteiger partial charge in [0.2, 0.25) is 0 Å². The van der Waals surface area contributed by atoms with Gasteiger partial charge in [-0.25, -0.2) is 4.79 Å². The maximum atomic E-state index is 12.5. The predicted molar refractivity (Wildman–Crippen MR) is 118 cm³/mol. The summed E-state index contributed by atoms with van der Waals surface area (Å²) in [5.74, 6) is -0.175. The first-order valence-corrected chi connectivity index (χ1v) is 10.6. The molecule has 0 aromatic heterocycles. The number of carbonyl (C=O) groups excluding carboxylic acids is 2. The van der Waals surface area contributed by atoms with Crippen molar-refractivity contribution in [3.8, 4) is 5.75 Å². The topological polar surface area (TPSA) is 64.6 Å². The van der Waals surface area contributed by atoms with E-state index >= 15 is 0 Å². The van der Waals surface area contributed by atoms with Gasteiger partial charge in [0.05, 0.1) is 18.7 Å². The Morgan fingerprint density at radius 3 is 2.13 bits per heavy atom. The van der Waals surface area contributed by atoms with Crippen LogP contribution in [0.15, 0.2) is 83.8 Å². The van der Waals surface area contributed by atoms with E-state index in [4.69, 9.17) is 9.47 Å². The summed E-state index contributed by atoms with van der Waals surface area (Å²) < 4.78 is 10.4. The Morgan fingerprint density at radius 2 is 1.53 bits per heavy atom. The second-order valence-electron chi connectivity index (χ2n) is 6.49. The minimum Gasteiger partial charge on any atom is -0.497 e. The molecular weight excluding hydrogens is 398 g/mol. The molecule has 0 saturated heterocycles. The normalized spacial score (nSPS) is 11.4. The van der Waals surface area contributed by atoms with Crippen LogP contribution in [0.5, 0.6) is 5.75 Å². The smallest absolute Gasteiger partial charge is 0.338 e. The zero-order chi connectivity index (χ0) is 21.3. The van der Waals surface area contributed by atoms with Crippen molar-refractivity contribution in [2.24, 2.45) is 0 Å². The van der Waals surface area contributed by atoms with Crippen molar-refractivity contribution in [1.29, 1.82) is 0 Å². The predicted octanol–water partition coefficient (Wildman–Crippen LogP) is 4.48. The van der Waals surface area contributed by atoms with Crippen molar-refractivity contribution in [2.75, 3.05) is 20.0 Å². The third kappa shape index (κ3) is 5.64. The molecule has 0 radical (unpaired) electrons. The Morgan fingerprint density at radius 1 is 0.900 bits per heavy atom. The Balaban J connectivity index is 1.67. The number of thioether (sulfide) groups is 1. The van der Waals surface area contributed by atoms with Crippen LogP contribution < -0.4 is 10.1 Å². The number of amides is 1. The summed E-state index contributed by atoms with van der Waals surface area (Å²) in [6.07, 6.45) is 1.96. The van der Waals surface area contributed by atoms with Crippen molar-refractivity contribution in [2.45, 2.75) is 10.9 Å². The summed E-state index contributed by atoms with van der Waals surface area (Å²) in [4.78, 5) is 25.8. The third-order valence-corrected chi connectivity index (χ3v) is 5.29. The van der Waals surface area contributed by atoms with Crippen LogP contribution in [0.2, 0.25) is 0 Å². The molecule has 30 heavy (non-hydrogen) atoms. The van der Waals surface area contributed by atoms with E-state index in [1.807, 2.05) is 73.0 Å². The highest BCUT2D eigenvalue weighted by molar-refractivity contribution is 7.98. The van der Waals surface area contributed by atoms with Crippen LogP contribution in [0.1, 0.15) is 27.5 Å². The SMILES string of the molecule is COc1ccc([C@H](NC(=O)COC(=O)c2ccc(SC)cc2)c2ccccc2)cc1. The summed E-state index contributed by atoms with van der Waals surface area (Å²) in [5.41, 5.74) is 2.24. The van der Waals surface area contributed by atoms with E-state index in [9.17, 15) is 9.59 Å². The monoisotopic (exact) mass is 421 g/mol. The number of methoxy groups -OCH3 is 1. The lowest BCUT2D eigenvalue weighted by Gasteiger charge is -2.20. The second-order valence-corrected chi connectivity index (χ2v) is 7.37. The third-order valence-electron chi connectivity index (χ3n) is 4.55. The molecule has 0 bridgehead atoms. The minimum atomic E-state index is -0.529. The van der Waals surface area contributed by atoms with Gasteiger partial charge in [0, 0.05) is 4.90 Å². The van der Waals surface area contributed by atoms with E-state index in [0.29, 0.717) is 5.56 Å². The fourth-order valence-electron chi connectivity index (χ4n) is 2.95. The van der Waals surface area contributed by atoms with E-state index in [2.05, 4.69) is 5.32 Å². The molecule has 0 aliphatic rings. The maximum absolute atomic E-state index is 12.5.